The molecule has 1 unspecified atom stereocenters. The van der Waals surface area contributed by atoms with Gasteiger partial charge in [0.25, 0.3) is 0 Å². The first-order chi connectivity index (χ1) is 9.13. The van der Waals surface area contributed by atoms with E-state index in [1.165, 1.54) is 12.1 Å². The molecule has 2 rings (SSSR count). The van der Waals surface area contributed by atoms with E-state index in [-0.39, 0.29) is 12.2 Å². The average Bonchev–Trinajstić information content (AvgIpc) is 2.84. The summed E-state index contributed by atoms with van der Waals surface area (Å²) in [6, 6.07) is 3.01. The van der Waals surface area contributed by atoms with E-state index in [1.807, 2.05) is 0 Å². The number of hydrogen-bond donors (Lipinski definition) is 1. The molecule has 1 saturated heterocycles. The van der Waals surface area contributed by atoms with Crippen LogP contribution < -0.4 is 0 Å². The van der Waals surface area contributed by atoms with E-state index in [0.29, 0.717) is 17.1 Å². The summed E-state index contributed by atoms with van der Waals surface area (Å²) >= 11 is 3.09. The smallest absolute Gasteiger partial charge is 0.144 e. The lowest BCUT2D eigenvalue weighted by Crippen LogP contribution is -2.30. The zero-order valence-corrected chi connectivity index (χ0v) is 12.3. The van der Waals surface area contributed by atoms with E-state index < -0.39 is 11.6 Å². The molecule has 1 fully saturated rings. The molecule has 0 spiro atoms. The van der Waals surface area contributed by atoms with Gasteiger partial charge in [0, 0.05) is 24.8 Å². The molecular weight excluding hydrogens is 316 g/mol. The summed E-state index contributed by atoms with van der Waals surface area (Å²) in [6.07, 6.45) is 3.71. The van der Waals surface area contributed by atoms with Gasteiger partial charge in [-0.15, -0.1) is 0 Å². The molecule has 0 aromatic heterocycles. The second-order valence-electron chi connectivity index (χ2n) is 4.95. The maximum atomic E-state index is 13.9. The van der Waals surface area contributed by atoms with Gasteiger partial charge in [-0.3, -0.25) is 4.90 Å². The van der Waals surface area contributed by atoms with Crippen molar-refractivity contribution >= 4 is 15.9 Å². The van der Waals surface area contributed by atoms with Crippen molar-refractivity contribution in [3.05, 3.63) is 33.8 Å². The van der Waals surface area contributed by atoms with Gasteiger partial charge in [-0.2, -0.15) is 0 Å². The number of rotatable bonds is 5. The second kappa shape index (κ2) is 6.77. The lowest BCUT2D eigenvalue weighted by Gasteiger charge is -2.24. The Morgan fingerprint density at radius 1 is 1.37 bits per heavy atom. The van der Waals surface area contributed by atoms with Crippen molar-refractivity contribution in [2.45, 2.75) is 38.3 Å². The van der Waals surface area contributed by atoms with Crippen LogP contribution >= 0.6 is 15.9 Å². The molecule has 0 radical (unpaired) electrons. The van der Waals surface area contributed by atoms with Gasteiger partial charge in [-0.25, -0.2) is 8.78 Å². The predicted molar refractivity (Wildman–Crippen MR) is 73.8 cm³/mol. The monoisotopic (exact) mass is 333 g/mol. The SMILES string of the molecule is OCCCC1CCCN1Cc1c(F)ccc(Br)c1F. The van der Waals surface area contributed by atoms with Crippen molar-refractivity contribution in [2.24, 2.45) is 0 Å². The topological polar surface area (TPSA) is 23.5 Å². The van der Waals surface area contributed by atoms with Gasteiger partial charge in [0.05, 0.1) is 4.47 Å². The number of aliphatic hydroxyl groups excluding tert-OH is 1. The van der Waals surface area contributed by atoms with Crippen LogP contribution in [0.15, 0.2) is 16.6 Å². The molecule has 1 aliphatic rings. The van der Waals surface area contributed by atoms with Crippen LogP contribution in [-0.4, -0.2) is 29.2 Å². The van der Waals surface area contributed by atoms with Gasteiger partial charge in [0.1, 0.15) is 11.6 Å². The van der Waals surface area contributed by atoms with Crippen LogP contribution in [0.3, 0.4) is 0 Å². The Morgan fingerprint density at radius 3 is 2.89 bits per heavy atom. The molecule has 1 N–H and O–H groups in total. The molecule has 1 aromatic rings. The molecule has 0 amide bonds. The molecular formula is C14H18BrF2NO. The van der Waals surface area contributed by atoms with Crippen LogP contribution in [0.4, 0.5) is 8.78 Å². The van der Waals surface area contributed by atoms with Gasteiger partial charge in [0.2, 0.25) is 0 Å². The molecule has 2 nitrogen and oxygen atoms in total. The lowest BCUT2D eigenvalue weighted by molar-refractivity contribution is 0.206. The van der Waals surface area contributed by atoms with Gasteiger partial charge < -0.3 is 5.11 Å². The minimum atomic E-state index is -0.507. The minimum absolute atomic E-state index is 0.130. The molecule has 0 aliphatic carbocycles. The van der Waals surface area contributed by atoms with E-state index in [0.717, 1.165) is 32.2 Å². The molecule has 1 aromatic carbocycles. The number of benzene rings is 1. The third-order valence-corrected chi connectivity index (χ3v) is 4.31. The Kier molecular flexibility index (Phi) is 5.30. The van der Waals surface area contributed by atoms with Gasteiger partial charge in [0.15, 0.2) is 0 Å². The second-order valence-corrected chi connectivity index (χ2v) is 5.81. The van der Waals surface area contributed by atoms with Crippen LogP contribution in [0.5, 0.6) is 0 Å². The lowest BCUT2D eigenvalue weighted by atomic mass is 10.1. The molecule has 0 bridgehead atoms. The first kappa shape index (κ1) is 14.9. The summed E-state index contributed by atoms with van der Waals surface area (Å²) < 4.78 is 28.0. The summed E-state index contributed by atoms with van der Waals surface area (Å²) in [4.78, 5) is 2.11. The maximum absolute atomic E-state index is 13.9. The molecule has 106 valence electrons. The molecule has 5 heteroatoms. The normalized spacial score (nSPS) is 20.1. The van der Waals surface area contributed by atoms with Crippen molar-refractivity contribution in [1.82, 2.24) is 4.90 Å². The number of likely N-dealkylation sites (tertiary alicyclic amines) is 1. The van der Waals surface area contributed by atoms with Gasteiger partial charge in [-0.1, -0.05) is 0 Å². The third-order valence-electron chi connectivity index (χ3n) is 3.69. The fraction of sp³-hybridized carbons (Fsp3) is 0.571. The largest absolute Gasteiger partial charge is 0.396 e. The molecule has 1 atom stereocenters. The predicted octanol–water partition coefficient (Wildman–Crippen LogP) is 3.46. The zero-order chi connectivity index (χ0) is 13.8. The number of hydrogen-bond acceptors (Lipinski definition) is 2. The first-order valence-corrected chi connectivity index (χ1v) is 7.40. The van der Waals surface area contributed by atoms with Crippen molar-refractivity contribution in [1.29, 1.82) is 0 Å². The van der Waals surface area contributed by atoms with E-state index in [1.54, 1.807) is 0 Å². The fourth-order valence-corrected chi connectivity index (χ4v) is 3.05. The summed E-state index contributed by atoms with van der Waals surface area (Å²) in [5, 5.41) is 8.88. The van der Waals surface area contributed by atoms with Crippen molar-refractivity contribution in [3.8, 4) is 0 Å². The average molecular weight is 334 g/mol. The van der Waals surface area contributed by atoms with Gasteiger partial charge in [-0.05, 0) is 60.3 Å². The standard InChI is InChI=1S/C14H18BrF2NO/c15-12-5-6-13(16)11(14(12)17)9-18-7-1-3-10(18)4-2-8-19/h5-6,10,19H,1-4,7-9H2. The molecule has 19 heavy (non-hydrogen) atoms. The van der Waals surface area contributed by atoms with Crippen LogP contribution in [0.2, 0.25) is 0 Å². The summed E-state index contributed by atoms with van der Waals surface area (Å²) in [5.41, 5.74) is 0.130. The maximum Gasteiger partial charge on any atom is 0.144 e. The first-order valence-electron chi connectivity index (χ1n) is 6.60. The minimum Gasteiger partial charge on any atom is -0.396 e. The Labute approximate surface area is 120 Å². The highest BCUT2D eigenvalue weighted by Gasteiger charge is 2.26. The van der Waals surface area contributed by atoms with Crippen LogP contribution in [0.1, 0.15) is 31.2 Å². The summed E-state index contributed by atoms with van der Waals surface area (Å²) in [5.74, 6) is -0.999. The quantitative estimate of drug-likeness (QED) is 0.834. The Hall–Kier alpha value is -0.520. The summed E-state index contributed by atoms with van der Waals surface area (Å²) in [6.45, 7) is 1.33. The highest BCUT2D eigenvalue weighted by Crippen LogP contribution is 2.27. The highest BCUT2D eigenvalue weighted by atomic mass is 79.9. The van der Waals surface area contributed by atoms with Crippen LogP contribution in [0.25, 0.3) is 0 Å². The third kappa shape index (κ3) is 3.52. The van der Waals surface area contributed by atoms with Crippen LogP contribution in [0, 0.1) is 11.6 Å². The van der Waals surface area contributed by atoms with E-state index in [4.69, 9.17) is 5.11 Å². The van der Waals surface area contributed by atoms with Crippen molar-refractivity contribution < 1.29 is 13.9 Å². The van der Waals surface area contributed by atoms with Crippen molar-refractivity contribution in [2.75, 3.05) is 13.2 Å². The zero-order valence-electron chi connectivity index (χ0n) is 10.7. The molecule has 1 aliphatic heterocycles. The fourth-order valence-electron chi connectivity index (χ4n) is 2.67. The van der Waals surface area contributed by atoms with E-state index >= 15 is 0 Å². The van der Waals surface area contributed by atoms with E-state index in [9.17, 15) is 8.78 Å². The number of halogens is 3. The number of aliphatic hydroxyl groups is 1. The molecule has 1 heterocycles. The number of nitrogens with zero attached hydrogens (tertiary/aromatic N) is 1. The van der Waals surface area contributed by atoms with Crippen molar-refractivity contribution in [3.63, 3.8) is 0 Å². The highest BCUT2D eigenvalue weighted by molar-refractivity contribution is 9.10. The Balaban J connectivity index is 2.10. The van der Waals surface area contributed by atoms with E-state index in [2.05, 4.69) is 20.8 Å². The molecule has 0 saturated carbocycles. The Morgan fingerprint density at radius 2 is 2.16 bits per heavy atom. The summed E-state index contributed by atoms with van der Waals surface area (Å²) in [7, 11) is 0. The Bertz CT molecular complexity index is 442. The van der Waals surface area contributed by atoms with Crippen LogP contribution in [-0.2, 0) is 6.54 Å². The van der Waals surface area contributed by atoms with Gasteiger partial charge >= 0.3 is 0 Å².